The summed E-state index contributed by atoms with van der Waals surface area (Å²) in [7, 11) is 0. The predicted octanol–water partition coefficient (Wildman–Crippen LogP) is 3.14. The molecule has 0 unspecified atom stereocenters. The van der Waals surface area contributed by atoms with Crippen molar-refractivity contribution in [2.24, 2.45) is 0 Å². The lowest BCUT2D eigenvalue weighted by Gasteiger charge is -2.19. The van der Waals surface area contributed by atoms with Crippen molar-refractivity contribution in [3.63, 3.8) is 0 Å². The third kappa shape index (κ3) is 4.00. The molecule has 0 saturated carbocycles. The van der Waals surface area contributed by atoms with E-state index >= 15 is 0 Å². The summed E-state index contributed by atoms with van der Waals surface area (Å²) in [6, 6.07) is 4.50. The molecule has 0 aliphatic carbocycles. The largest absolute Gasteiger partial charge is 0.334 e. The second kappa shape index (κ2) is 6.59. The Balaban J connectivity index is 2.61. The average Bonchev–Trinajstić information content (AvgIpc) is 2.32. The highest BCUT2D eigenvalue weighted by molar-refractivity contribution is 9.10. The summed E-state index contributed by atoms with van der Waals surface area (Å²) < 4.78 is 14.2. The van der Waals surface area contributed by atoms with Crippen molar-refractivity contribution in [3.05, 3.63) is 34.1 Å². The zero-order valence-corrected chi connectivity index (χ0v) is 11.6. The van der Waals surface area contributed by atoms with Gasteiger partial charge in [0.2, 0.25) is 0 Å². The summed E-state index contributed by atoms with van der Waals surface area (Å²) in [5.74, 6) is -0.312. The van der Waals surface area contributed by atoms with Crippen LogP contribution >= 0.6 is 15.9 Å². The monoisotopic (exact) mass is 302 g/mol. The van der Waals surface area contributed by atoms with Crippen molar-refractivity contribution in [1.82, 2.24) is 10.2 Å². The predicted molar refractivity (Wildman–Crippen MR) is 69.3 cm³/mol. The van der Waals surface area contributed by atoms with E-state index in [0.29, 0.717) is 18.7 Å². The van der Waals surface area contributed by atoms with Gasteiger partial charge in [-0.25, -0.2) is 9.18 Å². The van der Waals surface area contributed by atoms with Gasteiger partial charge in [0.05, 0.1) is 0 Å². The third-order valence-corrected chi connectivity index (χ3v) is 2.98. The van der Waals surface area contributed by atoms with Gasteiger partial charge < -0.3 is 10.2 Å². The molecule has 0 spiro atoms. The maximum atomic E-state index is 13.4. The van der Waals surface area contributed by atoms with Gasteiger partial charge in [-0.3, -0.25) is 0 Å². The van der Waals surface area contributed by atoms with Crippen LogP contribution in [0.5, 0.6) is 0 Å². The Morgan fingerprint density at radius 3 is 2.65 bits per heavy atom. The first-order valence-corrected chi connectivity index (χ1v) is 6.34. The van der Waals surface area contributed by atoms with Crippen LogP contribution in [0.2, 0.25) is 0 Å². The van der Waals surface area contributed by atoms with E-state index in [9.17, 15) is 9.18 Å². The number of hydrogen-bond acceptors (Lipinski definition) is 1. The van der Waals surface area contributed by atoms with Crippen LogP contribution in [0.25, 0.3) is 0 Å². The molecule has 1 N–H and O–H groups in total. The number of urea groups is 1. The van der Waals surface area contributed by atoms with Gasteiger partial charge in [-0.15, -0.1) is 0 Å². The minimum atomic E-state index is -0.312. The number of amides is 2. The van der Waals surface area contributed by atoms with Gasteiger partial charge in [0.25, 0.3) is 0 Å². The summed E-state index contributed by atoms with van der Waals surface area (Å²) in [6.45, 7) is 5.29. The molecule has 1 aromatic rings. The normalized spacial score (nSPS) is 10.1. The minimum absolute atomic E-state index is 0.172. The van der Waals surface area contributed by atoms with Crippen LogP contribution in [0, 0.1) is 5.82 Å². The van der Waals surface area contributed by atoms with Gasteiger partial charge in [0, 0.05) is 29.7 Å². The molecule has 0 radical (unpaired) electrons. The summed E-state index contributed by atoms with van der Waals surface area (Å²) >= 11 is 3.27. The van der Waals surface area contributed by atoms with Crippen molar-refractivity contribution in [2.75, 3.05) is 13.1 Å². The Morgan fingerprint density at radius 1 is 1.41 bits per heavy atom. The van der Waals surface area contributed by atoms with Crippen molar-refractivity contribution in [2.45, 2.75) is 20.4 Å². The molecule has 2 amide bonds. The molecular weight excluding hydrogens is 287 g/mol. The van der Waals surface area contributed by atoms with Gasteiger partial charge in [-0.2, -0.15) is 0 Å². The van der Waals surface area contributed by atoms with E-state index < -0.39 is 0 Å². The van der Waals surface area contributed by atoms with Crippen LogP contribution < -0.4 is 5.32 Å². The Bertz CT molecular complexity index is 394. The number of carbonyl (C=O) groups excluding carboxylic acids is 1. The zero-order chi connectivity index (χ0) is 12.8. The molecule has 0 aliphatic heterocycles. The molecule has 0 heterocycles. The van der Waals surface area contributed by atoms with E-state index in [1.807, 2.05) is 13.8 Å². The van der Waals surface area contributed by atoms with Crippen LogP contribution in [-0.4, -0.2) is 24.0 Å². The lowest BCUT2D eigenvalue weighted by molar-refractivity contribution is 0.202. The Kier molecular flexibility index (Phi) is 5.41. The summed E-state index contributed by atoms with van der Waals surface area (Å²) in [6.07, 6.45) is 0. The molecule has 17 heavy (non-hydrogen) atoms. The molecular formula is C12H16BrFN2O. The van der Waals surface area contributed by atoms with Gasteiger partial charge in [-0.1, -0.05) is 15.9 Å². The SMILES string of the molecule is CCN(CC)C(=O)NCc1cc(Br)ccc1F. The fourth-order valence-electron chi connectivity index (χ4n) is 1.47. The molecule has 1 rings (SSSR count). The number of nitrogens with one attached hydrogen (secondary N) is 1. The number of rotatable bonds is 4. The second-order valence-corrected chi connectivity index (χ2v) is 4.48. The van der Waals surface area contributed by atoms with E-state index in [2.05, 4.69) is 21.2 Å². The van der Waals surface area contributed by atoms with Crippen LogP contribution in [0.15, 0.2) is 22.7 Å². The molecule has 94 valence electrons. The van der Waals surface area contributed by atoms with Crippen LogP contribution in [-0.2, 0) is 6.54 Å². The van der Waals surface area contributed by atoms with E-state index in [1.165, 1.54) is 6.07 Å². The van der Waals surface area contributed by atoms with Crippen LogP contribution in [0.4, 0.5) is 9.18 Å². The lowest BCUT2D eigenvalue weighted by Crippen LogP contribution is -2.39. The highest BCUT2D eigenvalue weighted by atomic mass is 79.9. The number of halogens is 2. The van der Waals surface area contributed by atoms with Gasteiger partial charge in [0.1, 0.15) is 5.82 Å². The first-order chi connectivity index (χ1) is 8.08. The molecule has 0 aromatic heterocycles. The quantitative estimate of drug-likeness (QED) is 0.910. The molecule has 0 fully saturated rings. The van der Waals surface area contributed by atoms with Gasteiger partial charge in [-0.05, 0) is 32.0 Å². The van der Waals surface area contributed by atoms with Crippen LogP contribution in [0.1, 0.15) is 19.4 Å². The average molecular weight is 303 g/mol. The molecule has 5 heteroatoms. The summed E-state index contributed by atoms with van der Waals surface area (Å²) in [4.78, 5) is 13.3. The topological polar surface area (TPSA) is 32.3 Å². The standard InChI is InChI=1S/C12H16BrFN2O/c1-3-16(4-2)12(17)15-8-9-7-10(13)5-6-11(9)14/h5-7H,3-4,8H2,1-2H3,(H,15,17). The van der Waals surface area contributed by atoms with E-state index in [-0.39, 0.29) is 18.4 Å². The Morgan fingerprint density at radius 2 is 2.06 bits per heavy atom. The van der Waals surface area contributed by atoms with E-state index in [1.54, 1.807) is 17.0 Å². The van der Waals surface area contributed by atoms with Crippen molar-refractivity contribution in [3.8, 4) is 0 Å². The molecule has 1 aromatic carbocycles. The minimum Gasteiger partial charge on any atom is -0.334 e. The first-order valence-electron chi connectivity index (χ1n) is 5.55. The number of hydrogen-bond donors (Lipinski definition) is 1. The third-order valence-electron chi connectivity index (χ3n) is 2.49. The molecule has 0 saturated heterocycles. The number of benzene rings is 1. The van der Waals surface area contributed by atoms with Crippen molar-refractivity contribution < 1.29 is 9.18 Å². The maximum absolute atomic E-state index is 13.4. The molecule has 3 nitrogen and oxygen atoms in total. The fraction of sp³-hybridized carbons (Fsp3) is 0.417. The summed E-state index contributed by atoms with van der Waals surface area (Å²) in [5.41, 5.74) is 0.472. The molecule has 0 bridgehead atoms. The highest BCUT2D eigenvalue weighted by Crippen LogP contribution is 2.15. The maximum Gasteiger partial charge on any atom is 0.317 e. The molecule has 0 atom stereocenters. The fourth-order valence-corrected chi connectivity index (χ4v) is 1.88. The Hall–Kier alpha value is -1.10. The first kappa shape index (κ1) is 14.0. The van der Waals surface area contributed by atoms with Crippen molar-refractivity contribution in [1.29, 1.82) is 0 Å². The number of nitrogens with zero attached hydrogens (tertiary/aromatic N) is 1. The molecule has 0 aliphatic rings. The number of carbonyl (C=O) groups is 1. The van der Waals surface area contributed by atoms with Crippen LogP contribution in [0.3, 0.4) is 0 Å². The highest BCUT2D eigenvalue weighted by Gasteiger charge is 2.10. The lowest BCUT2D eigenvalue weighted by atomic mass is 10.2. The Labute approximate surface area is 109 Å². The smallest absolute Gasteiger partial charge is 0.317 e. The second-order valence-electron chi connectivity index (χ2n) is 3.57. The van der Waals surface area contributed by atoms with Gasteiger partial charge in [0.15, 0.2) is 0 Å². The zero-order valence-electron chi connectivity index (χ0n) is 9.96. The van der Waals surface area contributed by atoms with Crippen molar-refractivity contribution >= 4 is 22.0 Å². The summed E-state index contributed by atoms with van der Waals surface area (Å²) in [5, 5.41) is 2.70. The van der Waals surface area contributed by atoms with Gasteiger partial charge >= 0.3 is 6.03 Å². The van der Waals surface area contributed by atoms with E-state index in [4.69, 9.17) is 0 Å². The van der Waals surface area contributed by atoms with E-state index in [0.717, 1.165) is 4.47 Å².